The molecule has 4 N–H and O–H groups in total. The van der Waals surface area contributed by atoms with Crippen molar-refractivity contribution in [1.82, 2.24) is 10.2 Å². The Hall–Kier alpha value is -3.83. The number of nitrogens with two attached hydrogens (primary N) is 1. The van der Waals surface area contributed by atoms with E-state index in [1.165, 1.54) is 4.90 Å². The number of amides is 2. The highest BCUT2D eigenvalue weighted by molar-refractivity contribution is 5.93. The lowest BCUT2D eigenvalue weighted by Crippen LogP contribution is -2.63. The zero-order chi connectivity index (χ0) is 30.2. The molecule has 3 rings (SSSR count). The van der Waals surface area contributed by atoms with E-state index in [-0.39, 0.29) is 31.9 Å². The number of nitrogens with zero attached hydrogens (tertiary/aromatic N) is 2. The molecule has 41 heavy (non-hydrogen) atoms. The van der Waals surface area contributed by atoms with Crippen LogP contribution in [0.25, 0.3) is 0 Å². The molecule has 2 amide bonds. The molecular formula is C30H40N4O7. The molecule has 11 heteroatoms. The van der Waals surface area contributed by atoms with Crippen LogP contribution >= 0.6 is 0 Å². The average Bonchev–Trinajstić information content (AvgIpc) is 3.25. The summed E-state index contributed by atoms with van der Waals surface area (Å²) in [4.78, 5) is 52.5. The van der Waals surface area contributed by atoms with Gasteiger partial charge >= 0.3 is 5.97 Å². The summed E-state index contributed by atoms with van der Waals surface area (Å²) in [6, 6.07) is 15.5. The number of carboxylic acids is 1. The number of nitro groups is 1. The summed E-state index contributed by atoms with van der Waals surface area (Å²) < 4.78 is 6.46. The van der Waals surface area contributed by atoms with E-state index in [1.807, 2.05) is 44.2 Å². The van der Waals surface area contributed by atoms with Crippen molar-refractivity contribution in [2.45, 2.75) is 70.4 Å². The molecule has 0 spiro atoms. The number of carbonyl (C=O) groups is 3. The molecule has 1 aliphatic heterocycles. The Labute approximate surface area is 240 Å². The van der Waals surface area contributed by atoms with E-state index in [9.17, 15) is 24.5 Å². The van der Waals surface area contributed by atoms with Gasteiger partial charge in [0.15, 0.2) is 0 Å². The average molecular weight is 569 g/mol. The van der Waals surface area contributed by atoms with Gasteiger partial charge in [-0.3, -0.25) is 24.5 Å². The number of benzene rings is 2. The molecule has 2 aromatic rings. The molecule has 6 atom stereocenters. The first-order valence-corrected chi connectivity index (χ1v) is 13.9. The number of hydrogen-bond donors (Lipinski definition) is 3. The van der Waals surface area contributed by atoms with E-state index < -0.39 is 58.9 Å². The van der Waals surface area contributed by atoms with Gasteiger partial charge in [0, 0.05) is 17.9 Å². The van der Waals surface area contributed by atoms with Gasteiger partial charge in [-0.2, -0.15) is 0 Å². The SMILES string of the molecule is CC[C@H](C)C(OCc1ccccc1)[C@@H]1[C@H]([N+](=O)[O-])[C@H](c2ccccc2)N(C(=O)CN)[C@]1(C)C(=O)NCCCC(=O)O. The van der Waals surface area contributed by atoms with E-state index in [1.54, 1.807) is 37.3 Å². The largest absolute Gasteiger partial charge is 0.481 e. The van der Waals surface area contributed by atoms with E-state index in [4.69, 9.17) is 15.6 Å². The van der Waals surface area contributed by atoms with Crippen molar-refractivity contribution in [3.63, 3.8) is 0 Å². The van der Waals surface area contributed by atoms with Crippen molar-refractivity contribution in [2.75, 3.05) is 13.1 Å². The molecule has 1 heterocycles. The Morgan fingerprint density at radius 1 is 1.15 bits per heavy atom. The quantitative estimate of drug-likeness (QED) is 0.178. The maximum absolute atomic E-state index is 14.1. The number of rotatable bonds is 14. The minimum absolute atomic E-state index is 0.0239. The second-order valence-electron chi connectivity index (χ2n) is 10.7. The van der Waals surface area contributed by atoms with Gasteiger partial charge in [0.05, 0.1) is 25.2 Å². The molecule has 0 saturated carbocycles. The van der Waals surface area contributed by atoms with Crippen molar-refractivity contribution in [1.29, 1.82) is 0 Å². The second-order valence-corrected chi connectivity index (χ2v) is 10.7. The minimum atomic E-state index is -1.73. The fraction of sp³-hybridized carbons (Fsp3) is 0.500. The monoisotopic (exact) mass is 568 g/mol. The highest BCUT2D eigenvalue weighted by Crippen LogP contribution is 2.51. The van der Waals surface area contributed by atoms with Gasteiger partial charge in [-0.25, -0.2) is 0 Å². The van der Waals surface area contributed by atoms with Crippen LogP contribution in [0.5, 0.6) is 0 Å². The fourth-order valence-electron chi connectivity index (χ4n) is 5.90. The van der Waals surface area contributed by atoms with Gasteiger partial charge < -0.3 is 25.8 Å². The zero-order valence-corrected chi connectivity index (χ0v) is 23.8. The van der Waals surface area contributed by atoms with Gasteiger partial charge in [0.1, 0.15) is 11.6 Å². The standard InChI is InChI=1S/C30H40N4O7/c1-4-20(2)28(41-19-21-12-7-5-8-13-21)25-27(34(39)40)26(22-14-9-6-10-15-22)33(23(35)18-31)30(25,3)29(38)32-17-11-16-24(36)37/h5-10,12-15,20,25-28H,4,11,16-19,31H2,1-3H3,(H,32,38)(H,36,37)/t20-,25-,26-,27-,28?,30-/m0/s1. The second kappa shape index (κ2) is 14.2. The summed E-state index contributed by atoms with van der Waals surface area (Å²) in [6.45, 7) is 5.13. The van der Waals surface area contributed by atoms with Crippen molar-refractivity contribution in [3.05, 3.63) is 81.9 Å². The maximum atomic E-state index is 14.1. The Morgan fingerprint density at radius 3 is 2.29 bits per heavy atom. The molecule has 0 bridgehead atoms. The molecule has 1 fully saturated rings. The predicted octanol–water partition coefficient (Wildman–Crippen LogP) is 3.16. The topological polar surface area (TPSA) is 165 Å². The lowest BCUT2D eigenvalue weighted by molar-refractivity contribution is -0.536. The van der Waals surface area contributed by atoms with Gasteiger partial charge in [0.25, 0.3) is 0 Å². The summed E-state index contributed by atoms with van der Waals surface area (Å²) in [7, 11) is 0. The predicted molar refractivity (Wildman–Crippen MR) is 152 cm³/mol. The third-order valence-corrected chi connectivity index (χ3v) is 8.10. The number of carboxylic acid groups (broad SMARTS) is 1. The number of ether oxygens (including phenoxy) is 1. The molecule has 1 saturated heterocycles. The summed E-state index contributed by atoms with van der Waals surface area (Å²) in [6.07, 6.45) is -0.178. The van der Waals surface area contributed by atoms with Crippen LogP contribution in [0, 0.1) is 22.0 Å². The molecule has 1 aliphatic rings. The van der Waals surface area contributed by atoms with Crippen LogP contribution in [0.3, 0.4) is 0 Å². The van der Waals surface area contributed by atoms with Crippen LogP contribution < -0.4 is 11.1 Å². The normalized spacial score (nSPS) is 23.5. The van der Waals surface area contributed by atoms with Crippen molar-refractivity contribution < 1.29 is 29.2 Å². The van der Waals surface area contributed by atoms with Crippen molar-refractivity contribution in [2.24, 2.45) is 17.6 Å². The first-order chi connectivity index (χ1) is 19.6. The van der Waals surface area contributed by atoms with E-state index in [0.717, 1.165) is 5.56 Å². The van der Waals surface area contributed by atoms with Crippen LogP contribution in [0.1, 0.15) is 57.2 Å². The molecule has 1 unspecified atom stereocenters. The minimum Gasteiger partial charge on any atom is -0.481 e. The van der Waals surface area contributed by atoms with Crippen molar-refractivity contribution >= 4 is 17.8 Å². The van der Waals surface area contributed by atoms with E-state index in [2.05, 4.69) is 5.32 Å². The number of nitrogens with one attached hydrogen (secondary N) is 1. The van der Waals surface area contributed by atoms with Gasteiger partial charge in [-0.1, -0.05) is 80.9 Å². The third kappa shape index (κ3) is 6.91. The molecule has 222 valence electrons. The summed E-state index contributed by atoms with van der Waals surface area (Å²) in [5.74, 6) is -3.50. The number of hydrogen-bond acceptors (Lipinski definition) is 7. The molecule has 0 aliphatic carbocycles. The number of carbonyl (C=O) groups excluding carboxylic acids is 2. The first kappa shape index (κ1) is 31.7. The number of likely N-dealkylation sites (tertiary alicyclic amines) is 1. The highest BCUT2D eigenvalue weighted by Gasteiger charge is 2.69. The Balaban J connectivity index is 2.19. The van der Waals surface area contributed by atoms with Crippen LogP contribution in [0.2, 0.25) is 0 Å². The summed E-state index contributed by atoms with van der Waals surface area (Å²) >= 11 is 0. The van der Waals surface area contributed by atoms with E-state index in [0.29, 0.717) is 12.0 Å². The van der Waals surface area contributed by atoms with Crippen molar-refractivity contribution in [3.8, 4) is 0 Å². The molecule has 11 nitrogen and oxygen atoms in total. The lowest BCUT2D eigenvalue weighted by atomic mass is 9.74. The smallest absolute Gasteiger partial charge is 0.303 e. The third-order valence-electron chi connectivity index (χ3n) is 8.10. The van der Waals surface area contributed by atoms with E-state index >= 15 is 0 Å². The molecular weight excluding hydrogens is 528 g/mol. The molecule has 2 aromatic carbocycles. The lowest BCUT2D eigenvalue weighted by Gasteiger charge is -2.42. The van der Waals surface area contributed by atoms with Crippen LogP contribution in [0.4, 0.5) is 0 Å². The summed E-state index contributed by atoms with van der Waals surface area (Å²) in [5.41, 5.74) is 5.48. The van der Waals surface area contributed by atoms with Crippen LogP contribution in [-0.2, 0) is 25.7 Å². The van der Waals surface area contributed by atoms with Gasteiger partial charge in [-0.15, -0.1) is 0 Å². The van der Waals surface area contributed by atoms with Crippen LogP contribution in [-0.4, -0.2) is 63.5 Å². The highest BCUT2D eigenvalue weighted by atomic mass is 16.6. The Morgan fingerprint density at radius 2 is 1.76 bits per heavy atom. The van der Waals surface area contributed by atoms with Gasteiger partial charge in [0.2, 0.25) is 17.9 Å². The van der Waals surface area contributed by atoms with Gasteiger partial charge in [-0.05, 0) is 30.4 Å². The Kier molecular flexibility index (Phi) is 11.0. The fourth-order valence-corrected chi connectivity index (χ4v) is 5.90. The Bertz CT molecular complexity index is 1200. The first-order valence-electron chi connectivity index (χ1n) is 13.9. The van der Waals surface area contributed by atoms with Crippen LogP contribution in [0.15, 0.2) is 60.7 Å². The molecule has 0 aromatic heterocycles. The number of aliphatic carboxylic acids is 1. The zero-order valence-electron chi connectivity index (χ0n) is 23.8. The maximum Gasteiger partial charge on any atom is 0.303 e. The summed E-state index contributed by atoms with van der Waals surface area (Å²) in [5, 5.41) is 24.8. The molecule has 0 radical (unpaired) electrons.